The number of carbonyl (C=O) groups is 2. The maximum atomic E-state index is 13.4. The van der Waals surface area contributed by atoms with Crippen molar-refractivity contribution >= 4 is 35.2 Å². The quantitative estimate of drug-likeness (QED) is 0.463. The summed E-state index contributed by atoms with van der Waals surface area (Å²) in [5.41, 5.74) is 0.792. The topological polar surface area (TPSA) is 49.4 Å². The van der Waals surface area contributed by atoms with Gasteiger partial charge in [0.1, 0.15) is 11.9 Å². The Morgan fingerprint density at radius 2 is 1.75 bits per heavy atom. The summed E-state index contributed by atoms with van der Waals surface area (Å²) in [6.07, 6.45) is 5.94. The first kappa shape index (κ1) is 24.6. The van der Waals surface area contributed by atoms with E-state index >= 15 is 0 Å². The number of rotatable bonds is 9. The summed E-state index contributed by atoms with van der Waals surface area (Å²) in [4.78, 5) is 29.0. The molecule has 3 rings (SSSR count). The van der Waals surface area contributed by atoms with Crippen LogP contribution in [0.3, 0.4) is 0 Å². The predicted octanol–water partition coefficient (Wildman–Crippen LogP) is 5.83. The number of halogens is 2. The van der Waals surface area contributed by atoms with Crippen LogP contribution in [0.1, 0.15) is 51.0 Å². The molecule has 0 unspecified atom stereocenters. The molecule has 32 heavy (non-hydrogen) atoms. The third-order valence-corrected chi connectivity index (χ3v) is 7.03. The van der Waals surface area contributed by atoms with Gasteiger partial charge in [-0.2, -0.15) is 0 Å². The first-order valence-corrected chi connectivity index (χ1v) is 12.5. The number of thioether (sulfide) groups is 1. The second-order valence-corrected chi connectivity index (χ2v) is 9.64. The molecule has 2 amide bonds. The van der Waals surface area contributed by atoms with Gasteiger partial charge < -0.3 is 10.2 Å². The summed E-state index contributed by atoms with van der Waals surface area (Å²) >= 11 is 7.36. The monoisotopic (exact) mass is 476 g/mol. The predicted molar refractivity (Wildman–Crippen MR) is 128 cm³/mol. The van der Waals surface area contributed by atoms with Gasteiger partial charge in [0, 0.05) is 22.5 Å². The smallest absolute Gasteiger partial charge is 0.243 e. The van der Waals surface area contributed by atoms with E-state index in [1.54, 1.807) is 29.2 Å². The van der Waals surface area contributed by atoms with Crippen molar-refractivity contribution in [2.75, 3.05) is 5.75 Å². The lowest BCUT2D eigenvalue weighted by Crippen LogP contribution is -2.52. The number of nitrogens with one attached hydrogen (secondary N) is 1. The first-order valence-electron chi connectivity index (χ1n) is 11.2. The van der Waals surface area contributed by atoms with Crippen LogP contribution in [-0.2, 0) is 16.1 Å². The van der Waals surface area contributed by atoms with Crippen molar-refractivity contribution in [3.8, 4) is 0 Å². The highest BCUT2D eigenvalue weighted by Gasteiger charge is 2.30. The van der Waals surface area contributed by atoms with Gasteiger partial charge in [0.05, 0.1) is 5.75 Å². The zero-order valence-electron chi connectivity index (χ0n) is 18.4. The molecule has 2 aromatic rings. The molecular weight excluding hydrogens is 447 g/mol. The fourth-order valence-corrected chi connectivity index (χ4v) is 4.92. The van der Waals surface area contributed by atoms with Crippen LogP contribution in [0, 0.1) is 5.82 Å². The van der Waals surface area contributed by atoms with Gasteiger partial charge in [0.2, 0.25) is 11.8 Å². The van der Waals surface area contributed by atoms with Crippen LogP contribution in [0.15, 0.2) is 53.4 Å². The minimum Gasteiger partial charge on any atom is -0.352 e. The Labute approximate surface area is 198 Å². The molecule has 7 heteroatoms. The third kappa shape index (κ3) is 7.24. The Morgan fingerprint density at radius 3 is 2.38 bits per heavy atom. The Kier molecular flexibility index (Phi) is 9.42. The molecule has 0 aliphatic heterocycles. The van der Waals surface area contributed by atoms with Crippen LogP contribution in [0.25, 0.3) is 0 Å². The molecule has 2 aromatic carbocycles. The molecule has 0 spiro atoms. The second kappa shape index (κ2) is 12.3. The van der Waals surface area contributed by atoms with Crippen LogP contribution < -0.4 is 5.32 Å². The van der Waals surface area contributed by atoms with Crippen LogP contribution >= 0.6 is 23.4 Å². The zero-order valence-corrected chi connectivity index (χ0v) is 19.9. The molecule has 0 saturated heterocycles. The van der Waals surface area contributed by atoms with Crippen LogP contribution in [-0.4, -0.2) is 34.6 Å². The summed E-state index contributed by atoms with van der Waals surface area (Å²) in [7, 11) is 0. The van der Waals surface area contributed by atoms with Gasteiger partial charge in [0.25, 0.3) is 0 Å². The molecule has 4 nitrogen and oxygen atoms in total. The molecule has 1 aliphatic rings. The molecule has 0 bridgehead atoms. The number of hydrogen-bond donors (Lipinski definition) is 1. The summed E-state index contributed by atoms with van der Waals surface area (Å²) in [5, 5.41) is 3.81. The highest BCUT2D eigenvalue weighted by Crippen LogP contribution is 2.23. The molecule has 1 N–H and O–H groups in total. The van der Waals surface area contributed by atoms with Gasteiger partial charge in [-0.15, -0.1) is 11.8 Å². The number of hydrogen-bond acceptors (Lipinski definition) is 3. The normalized spacial score (nSPS) is 15.2. The van der Waals surface area contributed by atoms with E-state index in [9.17, 15) is 14.0 Å². The van der Waals surface area contributed by atoms with E-state index in [1.165, 1.54) is 30.3 Å². The summed E-state index contributed by atoms with van der Waals surface area (Å²) in [6.45, 7) is 2.18. The van der Waals surface area contributed by atoms with E-state index in [-0.39, 0.29) is 36.0 Å². The lowest BCUT2D eigenvalue weighted by Gasteiger charge is -2.32. The largest absolute Gasteiger partial charge is 0.352 e. The fourth-order valence-electron chi connectivity index (χ4n) is 4.01. The van der Waals surface area contributed by atoms with Crippen molar-refractivity contribution in [1.29, 1.82) is 0 Å². The molecule has 172 valence electrons. The van der Waals surface area contributed by atoms with E-state index in [4.69, 9.17) is 11.6 Å². The zero-order chi connectivity index (χ0) is 22.9. The van der Waals surface area contributed by atoms with Crippen molar-refractivity contribution in [2.45, 2.75) is 69.0 Å². The van der Waals surface area contributed by atoms with Gasteiger partial charge in [-0.05, 0) is 61.2 Å². The SMILES string of the molecule is CC[C@H](C(=O)NC1CCCCC1)N(Cc1ccc(F)cc1)C(=O)CSc1ccc(Cl)cc1. The van der Waals surface area contributed by atoms with Crippen LogP contribution in [0.2, 0.25) is 5.02 Å². The van der Waals surface area contributed by atoms with E-state index in [0.717, 1.165) is 36.1 Å². The Morgan fingerprint density at radius 1 is 1.09 bits per heavy atom. The van der Waals surface area contributed by atoms with Gasteiger partial charge in [-0.1, -0.05) is 49.9 Å². The number of carbonyl (C=O) groups excluding carboxylic acids is 2. The van der Waals surface area contributed by atoms with Crippen molar-refractivity contribution < 1.29 is 14.0 Å². The summed E-state index contributed by atoms with van der Waals surface area (Å²) in [6, 6.07) is 13.0. The molecule has 1 fully saturated rings. The molecule has 0 aromatic heterocycles. The van der Waals surface area contributed by atoms with Crippen molar-refractivity contribution in [1.82, 2.24) is 10.2 Å². The lowest BCUT2D eigenvalue weighted by atomic mass is 9.95. The maximum Gasteiger partial charge on any atom is 0.243 e. The Balaban J connectivity index is 1.73. The second-order valence-electron chi connectivity index (χ2n) is 8.16. The number of amides is 2. The molecule has 0 radical (unpaired) electrons. The Hall–Kier alpha value is -2.05. The van der Waals surface area contributed by atoms with Gasteiger partial charge >= 0.3 is 0 Å². The highest BCUT2D eigenvalue weighted by molar-refractivity contribution is 8.00. The lowest BCUT2D eigenvalue weighted by molar-refractivity contribution is -0.139. The molecule has 1 atom stereocenters. The minimum atomic E-state index is -0.569. The first-order chi connectivity index (χ1) is 15.5. The number of nitrogens with zero attached hydrogens (tertiary/aromatic N) is 1. The van der Waals surface area contributed by atoms with Crippen molar-refractivity contribution in [3.05, 3.63) is 64.9 Å². The standard InChI is InChI=1S/C25H30ClFN2O2S/c1-2-23(25(31)28-21-6-4-3-5-7-21)29(16-18-8-12-20(27)13-9-18)24(30)17-32-22-14-10-19(26)11-15-22/h8-15,21,23H,2-7,16-17H2,1H3,(H,28,31)/t23-/m1/s1. The average Bonchev–Trinajstić information content (AvgIpc) is 2.80. The summed E-state index contributed by atoms with van der Waals surface area (Å²) in [5.74, 6) is -0.353. The average molecular weight is 477 g/mol. The maximum absolute atomic E-state index is 13.4. The van der Waals surface area contributed by atoms with E-state index < -0.39 is 6.04 Å². The van der Waals surface area contributed by atoms with Crippen LogP contribution in [0.4, 0.5) is 4.39 Å². The Bertz CT molecular complexity index is 886. The molecular formula is C25H30ClFN2O2S. The molecule has 0 heterocycles. The van der Waals surface area contributed by atoms with E-state index in [0.29, 0.717) is 11.4 Å². The van der Waals surface area contributed by atoms with Gasteiger partial charge in [-0.25, -0.2) is 4.39 Å². The minimum absolute atomic E-state index is 0.105. The summed E-state index contributed by atoms with van der Waals surface area (Å²) < 4.78 is 13.4. The highest BCUT2D eigenvalue weighted by atomic mass is 35.5. The third-order valence-electron chi connectivity index (χ3n) is 5.78. The van der Waals surface area contributed by atoms with Gasteiger partial charge in [0.15, 0.2) is 0 Å². The van der Waals surface area contributed by atoms with Crippen molar-refractivity contribution in [2.24, 2.45) is 0 Å². The van der Waals surface area contributed by atoms with Gasteiger partial charge in [-0.3, -0.25) is 9.59 Å². The molecule has 1 saturated carbocycles. The number of benzene rings is 2. The van der Waals surface area contributed by atoms with Crippen LogP contribution in [0.5, 0.6) is 0 Å². The van der Waals surface area contributed by atoms with E-state index in [2.05, 4.69) is 5.32 Å². The molecule has 1 aliphatic carbocycles. The van der Waals surface area contributed by atoms with Crippen molar-refractivity contribution in [3.63, 3.8) is 0 Å². The fraction of sp³-hybridized carbons (Fsp3) is 0.440. The van der Waals surface area contributed by atoms with E-state index in [1.807, 2.05) is 19.1 Å².